The molecule has 10 nitrogen and oxygen atoms in total. The van der Waals surface area contributed by atoms with Crippen LogP contribution < -0.4 is 20.6 Å². The summed E-state index contributed by atoms with van der Waals surface area (Å²) >= 11 is 0. The average molecular weight is 325 g/mol. The van der Waals surface area contributed by atoms with Crippen molar-refractivity contribution in [3.63, 3.8) is 0 Å². The van der Waals surface area contributed by atoms with E-state index in [9.17, 15) is 14.9 Å². The van der Waals surface area contributed by atoms with E-state index >= 15 is 0 Å². The highest BCUT2D eigenvalue weighted by atomic mass is 31.2. The summed E-state index contributed by atoms with van der Waals surface area (Å²) in [4.78, 5) is 35.5. The topological polar surface area (TPSA) is 157 Å². The predicted molar refractivity (Wildman–Crippen MR) is 72.9 cm³/mol. The molecular weight excluding hydrogens is 311 g/mol. The summed E-state index contributed by atoms with van der Waals surface area (Å²) < 4.78 is 7.37. The van der Waals surface area contributed by atoms with E-state index in [0.29, 0.717) is 11.2 Å². The molecular formula is C11H14N6O4P-. The predicted octanol–water partition coefficient (Wildman–Crippen LogP) is -2.63. The lowest BCUT2D eigenvalue weighted by atomic mass is 10.00. The van der Waals surface area contributed by atoms with Gasteiger partial charge >= 0.3 is 0 Å². The summed E-state index contributed by atoms with van der Waals surface area (Å²) in [5, 5.41) is 12.9. The third-order valence-electron chi connectivity index (χ3n) is 4.17. The van der Waals surface area contributed by atoms with Gasteiger partial charge in [0.15, 0.2) is 17.7 Å². The van der Waals surface area contributed by atoms with E-state index < -0.39 is 26.1 Å². The van der Waals surface area contributed by atoms with Crippen molar-refractivity contribution in [3.8, 4) is 0 Å². The normalized spacial score (nSPS) is 34.0. The first-order valence-electron chi connectivity index (χ1n) is 6.78. The Kier molecular flexibility index (Phi) is 3.09. The van der Waals surface area contributed by atoms with E-state index in [-0.39, 0.29) is 24.6 Å². The van der Waals surface area contributed by atoms with Crippen LogP contribution in [0.3, 0.4) is 0 Å². The lowest BCUT2D eigenvalue weighted by molar-refractivity contribution is -0.315. The molecule has 0 unspecified atom stereocenters. The summed E-state index contributed by atoms with van der Waals surface area (Å²) in [7, 11) is -3.66. The van der Waals surface area contributed by atoms with Crippen LogP contribution >= 0.6 is 7.87 Å². The monoisotopic (exact) mass is 325 g/mol. The van der Waals surface area contributed by atoms with Crippen molar-refractivity contribution < 1.29 is 19.6 Å². The van der Waals surface area contributed by atoms with Gasteiger partial charge < -0.3 is 25.4 Å². The zero-order valence-electron chi connectivity index (χ0n) is 11.4. The molecule has 22 heavy (non-hydrogen) atoms. The molecule has 0 aromatic carbocycles. The Morgan fingerprint density at radius 3 is 3.05 bits per heavy atom. The van der Waals surface area contributed by atoms with Crippen molar-refractivity contribution in [3.05, 3.63) is 12.7 Å². The molecule has 11 heteroatoms. The second-order valence-corrected chi connectivity index (χ2v) is 7.55. The maximum absolute atomic E-state index is 11.7. The first kappa shape index (κ1) is 14.2. The SMILES string of the molecule is Nc1ncnc2c1ncn2[C@@H]1O[C@@H]2CN[P+]([O-])([O-])C[C@H]2[C@H]1O. The Labute approximate surface area is 125 Å². The van der Waals surface area contributed by atoms with Crippen LogP contribution in [0.5, 0.6) is 0 Å². The van der Waals surface area contributed by atoms with Crippen molar-refractivity contribution >= 4 is 24.8 Å². The number of anilines is 1. The van der Waals surface area contributed by atoms with Gasteiger partial charge in [0, 0.05) is 0 Å². The van der Waals surface area contributed by atoms with E-state index in [2.05, 4.69) is 20.0 Å². The van der Waals surface area contributed by atoms with Crippen molar-refractivity contribution in [2.24, 2.45) is 5.92 Å². The van der Waals surface area contributed by atoms with Gasteiger partial charge in [-0.05, 0) is 7.87 Å². The summed E-state index contributed by atoms with van der Waals surface area (Å²) in [6.07, 6.45) is 0.520. The largest absolute Gasteiger partial charge is 0.669 e. The van der Waals surface area contributed by atoms with E-state index in [1.165, 1.54) is 12.7 Å². The number of nitrogens with two attached hydrogens (primary N) is 1. The smallest absolute Gasteiger partial charge is 0.167 e. The van der Waals surface area contributed by atoms with Gasteiger partial charge in [0.2, 0.25) is 0 Å². The number of aliphatic hydroxyl groups is 1. The lowest BCUT2D eigenvalue weighted by Gasteiger charge is -2.43. The minimum atomic E-state index is -3.66. The Balaban J connectivity index is 1.70. The summed E-state index contributed by atoms with van der Waals surface area (Å²) in [6.45, 7) is 0.156. The van der Waals surface area contributed by atoms with Gasteiger partial charge in [-0.3, -0.25) is 4.57 Å². The molecule has 0 amide bonds. The van der Waals surface area contributed by atoms with Crippen LogP contribution in [0.1, 0.15) is 6.23 Å². The zero-order valence-corrected chi connectivity index (χ0v) is 12.3. The number of ether oxygens (including phenoxy) is 1. The van der Waals surface area contributed by atoms with Crippen LogP contribution in [0.2, 0.25) is 0 Å². The van der Waals surface area contributed by atoms with E-state index in [1.807, 2.05) is 0 Å². The number of hydrogen-bond donors (Lipinski definition) is 3. The molecule has 0 saturated carbocycles. The molecule has 4 atom stereocenters. The second-order valence-electron chi connectivity index (χ2n) is 5.52. The fourth-order valence-electron chi connectivity index (χ4n) is 3.07. The minimum Gasteiger partial charge on any atom is -0.669 e. The van der Waals surface area contributed by atoms with Gasteiger partial charge in [-0.25, -0.2) is 20.0 Å². The molecule has 2 aromatic rings. The maximum atomic E-state index is 11.7. The molecule has 4 N–H and O–H groups in total. The first-order valence-corrected chi connectivity index (χ1v) is 8.59. The number of aromatic nitrogens is 4. The molecule has 2 aliphatic heterocycles. The van der Waals surface area contributed by atoms with E-state index in [1.54, 1.807) is 4.57 Å². The Morgan fingerprint density at radius 1 is 1.41 bits per heavy atom. The van der Waals surface area contributed by atoms with E-state index in [0.717, 1.165) is 0 Å². The standard InChI is InChI=1S/C11H15N6O4P/c12-9-7-10(14-3-13-9)17(4-15-7)11-8(18)5-2-22(19,20)16-1-6(5)21-11/h3-6,8,11,18H,1-2H2,(H2,12,13,14)(H2,16,19,20)/p-1/t5-,6-,8-,11-/m1/s1. The fourth-order valence-corrected chi connectivity index (χ4v) is 4.67. The van der Waals surface area contributed by atoms with Gasteiger partial charge in [0.25, 0.3) is 0 Å². The van der Waals surface area contributed by atoms with Crippen LogP contribution in [0.25, 0.3) is 11.2 Å². The number of nitrogens with zero attached hydrogens (tertiary/aromatic N) is 4. The molecule has 0 radical (unpaired) electrons. The Hall–Kier alpha value is -1.42. The Bertz CT molecular complexity index is 724. The van der Waals surface area contributed by atoms with Crippen molar-refractivity contribution in [1.82, 2.24) is 24.6 Å². The first-order chi connectivity index (χ1) is 10.5. The summed E-state index contributed by atoms with van der Waals surface area (Å²) in [5.74, 6) is -0.245. The van der Waals surface area contributed by atoms with Gasteiger partial charge in [-0.1, -0.05) is 0 Å². The number of imidazole rings is 1. The summed E-state index contributed by atoms with van der Waals surface area (Å²) in [6, 6.07) is 0. The highest BCUT2D eigenvalue weighted by Gasteiger charge is 2.50. The minimum absolute atomic E-state index is 0.140. The third-order valence-corrected chi connectivity index (χ3v) is 5.74. The molecule has 4 rings (SSSR count). The molecule has 4 heterocycles. The highest BCUT2D eigenvalue weighted by Crippen LogP contribution is 2.48. The van der Waals surface area contributed by atoms with Gasteiger partial charge in [-0.2, -0.15) is 0 Å². The molecule has 2 aromatic heterocycles. The molecule has 2 aliphatic rings. The van der Waals surface area contributed by atoms with Crippen LogP contribution in [0.4, 0.5) is 5.82 Å². The van der Waals surface area contributed by atoms with Gasteiger partial charge in [0.05, 0.1) is 31.1 Å². The van der Waals surface area contributed by atoms with Gasteiger partial charge in [0.1, 0.15) is 17.9 Å². The molecule has 0 aliphatic carbocycles. The van der Waals surface area contributed by atoms with Crippen LogP contribution in [0.15, 0.2) is 12.7 Å². The number of nitrogen functional groups attached to an aromatic ring is 1. The van der Waals surface area contributed by atoms with Crippen molar-refractivity contribution in [2.75, 3.05) is 18.4 Å². The third kappa shape index (κ3) is 2.08. The molecule has 0 spiro atoms. The molecule has 0 bridgehead atoms. The fraction of sp³-hybridized carbons (Fsp3) is 0.545. The molecule has 2 saturated heterocycles. The maximum Gasteiger partial charge on any atom is 0.167 e. The number of fused-ring (bicyclic) bond motifs is 2. The zero-order chi connectivity index (χ0) is 15.5. The van der Waals surface area contributed by atoms with Crippen molar-refractivity contribution in [2.45, 2.75) is 18.4 Å². The number of aliphatic hydroxyl groups excluding tert-OH is 1. The summed E-state index contributed by atoms with van der Waals surface area (Å²) in [5.41, 5.74) is 6.59. The quantitative estimate of drug-likeness (QED) is 0.477. The van der Waals surface area contributed by atoms with E-state index in [4.69, 9.17) is 10.5 Å². The second kappa shape index (κ2) is 4.79. The highest BCUT2D eigenvalue weighted by molar-refractivity contribution is 7.59. The number of hydrogen-bond acceptors (Lipinski definition) is 9. The van der Waals surface area contributed by atoms with Crippen LogP contribution in [-0.4, -0.2) is 49.5 Å². The van der Waals surface area contributed by atoms with Gasteiger partial charge in [-0.15, -0.1) is 0 Å². The van der Waals surface area contributed by atoms with Crippen molar-refractivity contribution in [1.29, 1.82) is 0 Å². The lowest BCUT2D eigenvalue weighted by Crippen LogP contribution is -2.50. The Morgan fingerprint density at radius 2 is 2.23 bits per heavy atom. The molecule has 2 fully saturated rings. The van der Waals surface area contributed by atoms with Crippen LogP contribution in [-0.2, 0) is 4.74 Å². The number of nitrogens with one attached hydrogen (secondary N) is 1. The average Bonchev–Trinajstić information content (AvgIpc) is 3.01. The van der Waals surface area contributed by atoms with Crippen LogP contribution in [0, 0.1) is 5.92 Å². The number of rotatable bonds is 1. The molecule has 118 valence electrons.